The first-order valence-electron chi connectivity index (χ1n) is 8.21. The predicted molar refractivity (Wildman–Crippen MR) is 91.2 cm³/mol. The lowest BCUT2D eigenvalue weighted by Crippen LogP contribution is -2.50. The van der Waals surface area contributed by atoms with Crippen molar-refractivity contribution in [2.75, 3.05) is 21.3 Å². The number of amides is 1. The smallest absolute Gasteiger partial charge is 0.416 e. The summed E-state index contributed by atoms with van der Waals surface area (Å²) in [6.45, 7) is 0. The predicted octanol–water partition coefficient (Wildman–Crippen LogP) is 1.26. The second kappa shape index (κ2) is 10.4. The van der Waals surface area contributed by atoms with Gasteiger partial charge in [-0.25, -0.2) is 4.79 Å². The Kier molecular flexibility index (Phi) is 8.61. The number of methoxy groups -OCH3 is 3. The monoisotopic (exact) mass is 419 g/mol. The first kappa shape index (κ1) is 23.9. The fourth-order valence-electron chi connectivity index (χ4n) is 2.42. The quantitative estimate of drug-likeness (QED) is 0.499. The number of carbonyl (C=O) groups excluding carboxylic acids is 4. The van der Waals surface area contributed by atoms with Crippen molar-refractivity contribution >= 4 is 23.8 Å². The molecule has 8 nitrogen and oxygen atoms in total. The molecule has 0 radical (unpaired) electrons. The highest BCUT2D eigenvalue weighted by atomic mass is 19.4. The van der Waals surface area contributed by atoms with E-state index in [4.69, 9.17) is 0 Å². The van der Waals surface area contributed by atoms with E-state index in [0.29, 0.717) is 0 Å². The maximum atomic E-state index is 12.6. The highest BCUT2D eigenvalue weighted by Gasteiger charge is 2.38. The largest absolute Gasteiger partial charge is 0.469 e. The van der Waals surface area contributed by atoms with Crippen molar-refractivity contribution in [3.63, 3.8) is 0 Å². The fraction of sp³-hybridized carbons (Fsp3) is 0.444. The number of benzene rings is 1. The second-order valence-electron chi connectivity index (χ2n) is 5.85. The third kappa shape index (κ3) is 7.09. The number of ether oxygens (including phenoxy) is 3. The first-order chi connectivity index (χ1) is 13.5. The van der Waals surface area contributed by atoms with Crippen molar-refractivity contribution in [2.45, 2.75) is 25.1 Å². The van der Waals surface area contributed by atoms with Gasteiger partial charge in [0.05, 0.1) is 45.7 Å². The van der Waals surface area contributed by atoms with Gasteiger partial charge in [0.25, 0.3) is 0 Å². The maximum absolute atomic E-state index is 12.6. The minimum Gasteiger partial charge on any atom is -0.469 e. The van der Waals surface area contributed by atoms with Crippen LogP contribution < -0.4 is 5.32 Å². The zero-order chi connectivity index (χ0) is 22.2. The van der Waals surface area contributed by atoms with E-state index >= 15 is 0 Å². The van der Waals surface area contributed by atoms with Gasteiger partial charge in [-0.15, -0.1) is 0 Å². The maximum Gasteiger partial charge on any atom is 0.416 e. The molecular formula is C18H20F3NO7. The lowest BCUT2D eigenvalue weighted by atomic mass is 9.95. The zero-order valence-electron chi connectivity index (χ0n) is 15.9. The molecule has 160 valence electrons. The van der Waals surface area contributed by atoms with Crippen LogP contribution in [0.5, 0.6) is 0 Å². The molecule has 0 bridgehead atoms. The third-order valence-corrected chi connectivity index (χ3v) is 3.94. The molecule has 1 N–H and O–H groups in total. The Morgan fingerprint density at radius 2 is 1.48 bits per heavy atom. The number of esters is 3. The summed E-state index contributed by atoms with van der Waals surface area (Å²) in [5.74, 6) is -4.99. The molecule has 2 atom stereocenters. The number of hydrogen-bond donors (Lipinski definition) is 1. The Hall–Kier alpha value is -3.11. The van der Waals surface area contributed by atoms with Crippen LogP contribution in [0.4, 0.5) is 13.2 Å². The topological polar surface area (TPSA) is 108 Å². The highest BCUT2D eigenvalue weighted by Crippen LogP contribution is 2.29. The van der Waals surface area contributed by atoms with Gasteiger partial charge in [0.1, 0.15) is 6.04 Å². The molecule has 1 amide bonds. The van der Waals surface area contributed by atoms with E-state index in [1.54, 1.807) is 0 Å². The zero-order valence-corrected chi connectivity index (χ0v) is 15.9. The van der Waals surface area contributed by atoms with Crippen molar-refractivity contribution < 1.29 is 46.6 Å². The Bertz CT molecular complexity index is 747. The Morgan fingerprint density at radius 1 is 0.931 bits per heavy atom. The molecule has 0 aliphatic carbocycles. The van der Waals surface area contributed by atoms with E-state index in [2.05, 4.69) is 19.5 Å². The Balaban J connectivity index is 2.98. The third-order valence-electron chi connectivity index (χ3n) is 3.94. The molecule has 0 aliphatic heterocycles. The molecule has 1 aromatic rings. The summed E-state index contributed by atoms with van der Waals surface area (Å²) in [5.41, 5.74) is -0.639. The van der Waals surface area contributed by atoms with Gasteiger partial charge in [0.2, 0.25) is 5.91 Å². The SMILES string of the molecule is COC(=O)C[C@H](C(=O)OC)[C@H](NC(=O)Cc1ccc(C(F)(F)F)cc1)C(=O)OC. The number of nitrogens with one attached hydrogen (secondary N) is 1. The van der Waals surface area contributed by atoms with Gasteiger partial charge in [-0.3, -0.25) is 14.4 Å². The molecule has 0 spiro atoms. The van der Waals surface area contributed by atoms with Crippen molar-refractivity contribution in [1.82, 2.24) is 5.32 Å². The normalized spacial score (nSPS) is 13.0. The van der Waals surface area contributed by atoms with Crippen LogP contribution >= 0.6 is 0 Å². The van der Waals surface area contributed by atoms with Crippen molar-refractivity contribution in [3.8, 4) is 0 Å². The summed E-state index contributed by atoms with van der Waals surface area (Å²) in [6.07, 6.45) is -5.46. The molecule has 1 aromatic carbocycles. The van der Waals surface area contributed by atoms with E-state index < -0.39 is 53.9 Å². The van der Waals surface area contributed by atoms with E-state index in [1.165, 1.54) is 0 Å². The Morgan fingerprint density at radius 3 is 1.93 bits per heavy atom. The number of rotatable bonds is 8. The van der Waals surface area contributed by atoms with Crippen LogP contribution in [0.3, 0.4) is 0 Å². The van der Waals surface area contributed by atoms with Crippen molar-refractivity contribution in [2.24, 2.45) is 5.92 Å². The summed E-state index contributed by atoms with van der Waals surface area (Å²) in [6, 6.07) is 2.29. The van der Waals surface area contributed by atoms with E-state index in [9.17, 15) is 32.3 Å². The van der Waals surface area contributed by atoms with Crippen LogP contribution in [-0.2, 0) is 46.0 Å². The molecule has 11 heteroatoms. The lowest BCUT2D eigenvalue weighted by Gasteiger charge is -2.23. The second-order valence-corrected chi connectivity index (χ2v) is 5.85. The molecule has 1 rings (SSSR count). The van der Waals surface area contributed by atoms with Crippen LogP contribution in [0.2, 0.25) is 0 Å². The number of carbonyl (C=O) groups is 4. The molecule has 0 heterocycles. The van der Waals surface area contributed by atoms with E-state index in [1.807, 2.05) is 0 Å². The van der Waals surface area contributed by atoms with Gasteiger partial charge in [0.15, 0.2) is 0 Å². The average Bonchev–Trinajstić information content (AvgIpc) is 2.68. The summed E-state index contributed by atoms with van der Waals surface area (Å²) in [5, 5.41) is 2.26. The van der Waals surface area contributed by atoms with Crippen LogP contribution in [0.15, 0.2) is 24.3 Å². The van der Waals surface area contributed by atoms with Gasteiger partial charge in [0, 0.05) is 0 Å². The van der Waals surface area contributed by atoms with E-state index in [0.717, 1.165) is 45.6 Å². The van der Waals surface area contributed by atoms with E-state index in [-0.39, 0.29) is 12.0 Å². The lowest BCUT2D eigenvalue weighted by molar-refractivity contribution is -0.159. The molecule has 0 unspecified atom stereocenters. The highest BCUT2D eigenvalue weighted by molar-refractivity contribution is 5.91. The van der Waals surface area contributed by atoms with Crippen LogP contribution in [-0.4, -0.2) is 51.2 Å². The number of alkyl halides is 3. The first-order valence-corrected chi connectivity index (χ1v) is 8.21. The molecule has 29 heavy (non-hydrogen) atoms. The molecule has 0 aromatic heterocycles. The summed E-state index contributed by atoms with van der Waals surface area (Å²) in [4.78, 5) is 47.9. The molecule has 0 saturated carbocycles. The minimum atomic E-state index is -4.52. The fourth-order valence-corrected chi connectivity index (χ4v) is 2.42. The summed E-state index contributed by atoms with van der Waals surface area (Å²) in [7, 11) is 3.13. The number of halogens is 3. The van der Waals surface area contributed by atoms with Gasteiger partial charge in [-0.1, -0.05) is 12.1 Å². The van der Waals surface area contributed by atoms with Crippen LogP contribution in [0.1, 0.15) is 17.5 Å². The van der Waals surface area contributed by atoms with Crippen LogP contribution in [0, 0.1) is 5.92 Å². The molecular weight excluding hydrogens is 399 g/mol. The van der Waals surface area contributed by atoms with Gasteiger partial charge in [-0.2, -0.15) is 13.2 Å². The Labute approximate surface area is 164 Å². The molecule has 0 fully saturated rings. The van der Waals surface area contributed by atoms with Crippen LogP contribution in [0.25, 0.3) is 0 Å². The molecule has 0 saturated heterocycles. The standard InChI is InChI=1S/C18H20F3NO7/c1-27-14(24)9-12(16(25)28-2)15(17(26)29-3)22-13(23)8-10-4-6-11(7-5-10)18(19,20)21/h4-7,12,15H,8-9H2,1-3H3,(H,22,23)/t12-,15-/m0/s1. The summed E-state index contributed by atoms with van der Waals surface area (Å²) < 4.78 is 51.4. The minimum absolute atomic E-state index is 0.238. The molecule has 0 aliphatic rings. The summed E-state index contributed by atoms with van der Waals surface area (Å²) >= 11 is 0. The van der Waals surface area contributed by atoms with Gasteiger partial charge in [-0.05, 0) is 17.7 Å². The average molecular weight is 419 g/mol. The van der Waals surface area contributed by atoms with Crippen molar-refractivity contribution in [3.05, 3.63) is 35.4 Å². The van der Waals surface area contributed by atoms with Gasteiger partial charge < -0.3 is 19.5 Å². The number of hydrogen-bond acceptors (Lipinski definition) is 7. The van der Waals surface area contributed by atoms with Crippen molar-refractivity contribution in [1.29, 1.82) is 0 Å². The van der Waals surface area contributed by atoms with Gasteiger partial charge >= 0.3 is 24.1 Å².